The summed E-state index contributed by atoms with van der Waals surface area (Å²) in [5, 5.41) is 2.36. The van der Waals surface area contributed by atoms with Crippen LogP contribution in [0.4, 0.5) is 28.9 Å². The van der Waals surface area contributed by atoms with Crippen LogP contribution in [-0.2, 0) is 0 Å². The lowest BCUT2D eigenvalue weighted by Gasteiger charge is -2.14. The Kier molecular flexibility index (Phi) is 4.34. The topological polar surface area (TPSA) is 38.0 Å². The van der Waals surface area contributed by atoms with Gasteiger partial charge in [-0.05, 0) is 12.1 Å². The maximum absolute atomic E-state index is 13.6. The van der Waals surface area contributed by atoms with Crippen LogP contribution in [0.5, 0.6) is 0 Å². The minimum absolute atomic E-state index is 0.0257. The van der Waals surface area contributed by atoms with E-state index < -0.39 is 29.0 Å². The number of thiocarbonyl (C=S) groups is 1. The summed E-state index contributed by atoms with van der Waals surface area (Å²) in [5.74, 6) is -6.20. The van der Waals surface area contributed by atoms with Gasteiger partial charge in [0.15, 0.2) is 23.3 Å². The molecule has 2 rings (SSSR count). The normalized spacial score (nSPS) is 10.5. The Morgan fingerprint density at radius 3 is 2.19 bits per heavy atom. The highest BCUT2D eigenvalue weighted by atomic mass is 35.5. The zero-order chi connectivity index (χ0) is 15.7. The lowest BCUT2D eigenvalue weighted by molar-refractivity contribution is 0.459. The zero-order valence-corrected chi connectivity index (χ0v) is 11.8. The summed E-state index contributed by atoms with van der Waals surface area (Å²) in [6.07, 6.45) is 0. The zero-order valence-electron chi connectivity index (χ0n) is 10.2. The Morgan fingerprint density at radius 2 is 1.67 bits per heavy atom. The molecule has 0 spiro atoms. The Balaban J connectivity index is 2.59. The van der Waals surface area contributed by atoms with Crippen LogP contribution < -0.4 is 11.1 Å². The van der Waals surface area contributed by atoms with E-state index in [4.69, 9.17) is 29.6 Å². The molecule has 0 aliphatic rings. The van der Waals surface area contributed by atoms with E-state index in [0.717, 1.165) is 0 Å². The number of rotatable bonds is 3. The van der Waals surface area contributed by atoms with Crippen molar-refractivity contribution in [3.05, 3.63) is 58.1 Å². The van der Waals surface area contributed by atoms with Crippen LogP contribution in [0.15, 0.2) is 24.3 Å². The molecule has 2 aromatic carbocycles. The molecular formula is C13H7ClF4N2S. The molecule has 0 fully saturated rings. The molecule has 0 saturated heterocycles. The van der Waals surface area contributed by atoms with Gasteiger partial charge in [-0.2, -0.15) is 0 Å². The van der Waals surface area contributed by atoms with E-state index in [1.165, 1.54) is 18.2 Å². The van der Waals surface area contributed by atoms with Crippen molar-refractivity contribution in [2.75, 3.05) is 5.32 Å². The van der Waals surface area contributed by atoms with Crippen LogP contribution >= 0.6 is 23.8 Å². The summed E-state index contributed by atoms with van der Waals surface area (Å²) < 4.78 is 53.6. The first kappa shape index (κ1) is 15.5. The average Bonchev–Trinajstić information content (AvgIpc) is 2.41. The van der Waals surface area contributed by atoms with Crippen LogP contribution in [0.3, 0.4) is 0 Å². The lowest BCUT2D eigenvalue weighted by atomic mass is 10.1. The minimum Gasteiger partial charge on any atom is -0.389 e. The smallest absolute Gasteiger partial charge is 0.185 e. The number of hydrogen-bond acceptors (Lipinski definition) is 2. The van der Waals surface area contributed by atoms with E-state index in [1.54, 1.807) is 0 Å². The van der Waals surface area contributed by atoms with Crippen LogP contribution in [0.2, 0.25) is 5.02 Å². The highest BCUT2D eigenvalue weighted by molar-refractivity contribution is 7.80. The molecule has 110 valence electrons. The molecule has 0 radical (unpaired) electrons. The fraction of sp³-hybridized carbons (Fsp3) is 0. The molecule has 21 heavy (non-hydrogen) atoms. The number of nitrogens with one attached hydrogen (secondary N) is 1. The Bertz CT molecular complexity index is 710. The van der Waals surface area contributed by atoms with E-state index in [2.05, 4.69) is 5.32 Å². The van der Waals surface area contributed by atoms with Gasteiger partial charge in [0.1, 0.15) is 10.7 Å². The predicted octanol–water partition coefficient (Wildman–Crippen LogP) is 4.27. The van der Waals surface area contributed by atoms with E-state index in [0.29, 0.717) is 0 Å². The molecule has 0 aliphatic carbocycles. The summed E-state index contributed by atoms with van der Waals surface area (Å²) in [5.41, 5.74) is 4.62. The van der Waals surface area contributed by atoms with Crippen molar-refractivity contribution in [1.82, 2.24) is 0 Å². The monoisotopic (exact) mass is 334 g/mol. The van der Waals surface area contributed by atoms with E-state index in [9.17, 15) is 17.6 Å². The van der Waals surface area contributed by atoms with Crippen LogP contribution in [-0.4, -0.2) is 4.99 Å². The van der Waals surface area contributed by atoms with Gasteiger partial charge < -0.3 is 11.1 Å². The largest absolute Gasteiger partial charge is 0.389 e. The molecule has 3 N–H and O–H groups in total. The number of benzene rings is 2. The molecule has 8 heteroatoms. The summed E-state index contributed by atoms with van der Waals surface area (Å²) in [6.45, 7) is 0. The molecule has 2 aromatic rings. The first-order chi connectivity index (χ1) is 9.82. The predicted molar refractivity (Wildman–Crippen MR) is 76.9 cm³/mol. The van der Waals surface area contributed by atoms with Crippen LogP contribution in [0.1, 0.15) is 5.56 Å². The van der Waals surface area contributed by atoms with E-state index in [-0.39, 0.29) is 27.3 Å². The van der Waals surface area contributed by atoms with Crippen molar-refractivity contribution in [3.8, 4) is 0 Å². The van der Waals surface area contributed by atoms with Crippen molar-refractivity contribution in [1.29, 1.82) is 0 Å². The van der Waals surface area contributed by atoms with Crippen LogP contribution in [0, 0.1) is 23.3 Å². The second-order valence-corrected chi connectivity index (χ2v) is 4.84. The van der Waals surface area contributed by atoms with Gasteiger partial charge in [-0.15, -0.1) is 0 Å². The first-order valence-corrected chi connectivity index (χ1v) is 6.30. The Hall–Kier alpha value is -1.86. The Morgan fingerprint density at radius 1 is 1.10 bits per heavy atom. The maximum atomic E-state index is 13.6. The fourth-order valence-corrected chi connectivity index (χ4v) is 2.25. The third-order valence-corrected chi connectivity index (χ3v) is 3.15. The second kappa shape index (κ2) is 5.87. The van der Waals surface area contributed by atoms with Crippen molar-refractivity contribution in [3.63, 3.8) is 0 Å². The molecule has 0 aromatic heterocycles. The highest BCUT2D eigenvalue weighted by Crippen LogP contribution is 2.31. The van der Waals surface area contributed by atoms with Crippen LogP contribution in [0.25, 0.3) is 0 Å². The lowest BCUT2D eigenvalue weighted by Crippen LogP contribution is -2.13. The van der Waals surface area contributed by atoms with Gasteiger partial charge in [0, 0.05) is 6.07 Å². The number of hydrogen-bond donors (Lipinski definition) is 2. The van der Waals surface area contributed by atoms with Gasteiger partial charge in [-0.25, -0.2) is 17.6 Å². The summed E-state index contributed by atoms with van der Waals surface area (Å²) >= 11 is 10.7. The molecular weight excluding hydrogens is 328 g/mol. The SMILES string of the molecule is NC(=S)c1c(Cl)cccc1Nc1c(F)c(F)cc(F)c1F. The van der Waals surface area contributed by atoms with Crippen molar-refractivity contribution >= 4 is 40.2 Å². The average molecular weight is 335 g/mol. The van der Waals surface area contributed by atoms with E-state index >= 15 is 0 Å². The second-order valence-electron chi connectivity index (χ2n) is 3.99. The molecule has 0 unspecified atom stereocenters. The Labute approximate surface area is 127 Å². The third kappa shape index (κ3) is 2.93. The van der Waals surface area contributed by atoms with Crippen molar-refractivity contribution in [2.45, 2.75) is 0 Å². The van der Waals surface area contributed by atoms with Crippen molar-refractivity contribution < 1.29 is 17.6 Å². The molecule has 0 amide bonds. The molecule has 2 nitrogen and oxygen atoms in total. The molecule has 0 bridgehead atoms. The molecule has 0 atom stereocenters. The van der Waals surface area contributed by atoms with Gasteiger partial charge in [-0.1, -0.05) is 29.9 Å². The van der Waals surface area contributed by atoms with Gasteiger partial charge in [0.2, 0.25) is 0 Å². The van der Waals surface area contributed by atoms with E-state index in [1.807, 2.05) is 0 Å². The van der Waals surface area contributed by atoms with Gasteiger partial charge in [0.25, 0.3) is 0 Å². The van der Waals surface area contributed by atoms with Gasteiger partial charge in [0.05, 0.1) is 16.3 Å². The summed E-state index contributed by atoms with van der Waals surface area (Å²) in [7, 11) is 0. The minimum atomic E-state index is -1.57. The number of halogens is 5. The molecule has 0 saturated carbocycles. The maximum Gasteiger partial charge on any atom is 0.185 e. The highest BCUT2D eigenvalue weighted by Gasteiger charge is 2.21. The number of anilines is 2. The standard InChI is InChI=1S/C13H7ClF4N2S/c14-5-2-1-3-8(9(5)13(19)21)20-12-10(17)6(15)4-7(16)11(12)18/h1-4,20H,(H2,19,21). The number of nitrogens with two attached hydrogens (primary N) is 1. The van der Waals surface area contributed by atoms with Crippen molar-refractivity contribution in [2.24, 2.45) is 5.73 Å². The fourth-order valence-electron chi connectivity index (χ4n) is 1.70. The van der Waals surface area contributed by atoms with Gasteiger partial charge in [-0.3, -0.25) is 0 Å². The summed E-state index contributed by atoms with van der Waals surface area (Å²) in [6, 6.07) is 4.39. The quantitative estimate of drug-likeness (QED) is 0.500. The first-order valence-electron chi connectivity index (χ1n) is 5.51. The third-order valence-electron chi connectivity index (χ3n) is 2.63. The molecule has 0 aliphatic heterocycles. The molecule has 0 heterocycles. The van der Waals surface area contributed by atoms with Gasteiger partial charge >= 0.3 is 0 Å². The summed E-state index contributed by atoms with van der Waals surface area (Å²) in [4.78, 5) is -0.138.